The molecular weight excluding hydrogens is 350 g/mol. The molecule has 0 saturated heterocycles. The number of aromatic nitrogens is 4. The fourth-order valence-electron chi connectivity index (χ4n) is 3.11. The van der Waals surface area contributed by atoms with Gasteiger partial charge in [-0.1, -0.05) is 17.4 Å². The number of hydrogen-bond acceptors (Lipinski definition) is 7. The van der Waals surface area contributed by atoms with Gasteiger partial charge in [0.25, 0.3) is 6.47 Å². The number of nitrogens with zero attached hydrogens (tertiary/aromatic N) is 3. The van der Waals surface area contributed by atoms with E-state index in [4.69, 9.17) is 15.5 Å². The molecule has 0 unspecified atom stereocenters. The number of aromatic amines is 1. The van der Waals surface area contributed by atoms with Gasteiger partial charge in [-0.3, -0.25) is 9.89 Å². The number of H-pyrrole nitrogens is 1. The zero-order valence-corrected chi connectivity index (χ0v) is 14.1. The van der Waals surface area contributed by atoms with Crippen LogP contribution in [-0.4, -0.2) is 26.6 Å². The van der Waals surface area contributed by atoms with Gasteiger partial charge < -0.3 is 10.5 Å². The molecule has 0 fully saturated rings. The molecule has 3 N–H and O–H groups in total. The highest BCUT2D eigenvalue weighted by atomic mass is 32.1. The molecule has 5 aromatic rings. The fraction of sp³-hybridized carbons (Fsp3) is 0. The smallest absolute Gasteiger partial charge is 0.298 e. The van der Waals surface area contributed by atoms with Crippen molar-refractivity contribution in [1.29, 1.82) is 0 Å². The lowest BCUT2D eigenvalue weighted by Gasteiger charge is -2.09. The molecule has 0 radical (unpaired) electrons. The van der Waals surface area contributed by atoms with Crippen LogP contribution in [-0.2, 0) is 4.79 Å². The predicted octanol–water partition coefficient (Wildman–Crippen LogP) is 3.51. The summed E-state index contributed by atoms with van der Waals surface area (Å²) >= 11 is 1.42. The summed E-state index contributed by atoms with van der Waals surface area (Å²) in [6.07, 6.45) is 1.70. The molecule has 0 amide bonds. The monoisotopic (exact) mass is 361 g/mol. The van der Waals surface area contributed by atoms with Gasteiger partial charge in [0.05, 0.1) is 38.5 Å². The van der Waals surface area contributed by atoms with Gasteiger partial charge in [-0.05, 0) is 24.3 Å². The number of fused-ring (bicyclic) bond motifs is 4. The van der Waals surface area contributed by atoms with E-state index in [2.05, 4.69) is 15.2 Å². The van der Waals surface area contributed by atoms with E-state index in [1.807, 2.05) is 30.3 Å². The fourth-order valence-corrected chi connectivity index (χ4v) is 3.88. The number of carbonyl (C=O) groups is 1. The van der Waals surface area contributed by atoms with Crippen molar-refractivity contribution in [1.82, 2.24) is 20.2 Å². The maximum absolute atomic E-state index is 11.0. The van der Waals surface area contributed by atoms with Crippen LogP contribution in [0.3, 0.4) is 0 Å². The maximum Gasteiger partial charge on any atom is 0.298 e. The van der Waals surface area contributed by atoms with Crippen LogP contribution in [0.2, 0.25) is 0 Å². The van der Waals surface area contributed by atoms with Crippen LogP contribution in [0.1, 0.15) is 0 Å². The summed E-state index contributed by atoms with van der Waals surface area (Å²) in [6.45, 7) is 0.421. The van der Waals surface area contributed by atoms with Crippen LogP contribution >= 0.6 is 11.3 Å². The minimum Gasteiger partial charge on any atom is -0.428 e. The highest BCUT2D eigenvalue weighted by Gasteiger charge is 2.14. The standard InChI is InChI=1S/C18H11N5O2S/c19-18-22-12-2-1-9(5-16(12)26-18)14-6-15(25-8-24)17-10-7-20-23-11(10)3-4-13(17)21-14/h1-8H,(H2,19,22)(H,20,23). The van der Waals surface area contributed by atoms with Gasteiger partial charge in [0, 0.05) is 17.0 Å². The van der Waals surface area contributed by atoms with E-state index >= 15 is 0 Å². The van der Waals surface area contributed by atoms with Gasteiger partial charge in [0.1, 0.15) is 5.75 Å². The first-order chi connectivity index (χ1) is 12.7. The highest BCUT2D eigenvalue weighted by Crippen LogP contribution is 2.36. The van der Waals surface area contributed by atoms with Crippen molar-refractivity contribution in [3.05, 3.63) is 42.6 Å². The van der Waals surface area contributed by atoms with Gasteiger partial charge in [-0.25, -0.2) is 9.97 Å². The Morgan fingerprint density at radius 1 is 1.12 bits per heavy atom. The third-order valence-electron chi connectivity index (χ3n) is 4.23. The lowest BCUT2D eigenvalue weighted by atomic mass is 10.1. The Kier molecular flexibility index (Phi) is 3.13. The molecule has 0 spiro atoms. The molecule has 0 atom stereocenters. The summed E-state index contributed by atoms with van der Waals surface area (Å²) in [6, 6.07) is 11.4. The van der Waals surface area contributed by atoms with Gasteiger partial charge >= 0.3 is 0 Å². The molecule has 7 nitrogen and oxygen atoms in total. The third-order valence-corrected chi connectivity index (χ3v) is 5.08. The summed E-state index contributed by atoms with van der Waals surface area (Å²) < 4.78 is 6.24. The summed E-state index contributed by atoms with van der Waals surface area (Å²) in [5.74, 6) is 0.441. The molecule has 3 heterocycles. The second kappa shape index (κ2) is 5.50. The molecule has 8 heteroatoms. The number of anilines is 1. The Bertz CT molecular complexity index is 1310. The van der Waals surface area contributed by atoms with Gasteiger partial charge in [-0.2, -0.15) is 5.10 Å². The number of ether oxygens (including phenoxy) is 1. The van der Waals surface area contributed by atoms with Crippen LogP contribution < -0.4 is 10.5 Å². The molecule has 5 rings (SSSR count). The Balaban J connectivity index is 1.79. The number of nitrogens with one attached hydrogen (secondary N) is 1. The van der Waals surface area contributed by atoms with Crippen LogP contribution in [0, 0.1) is 0 Å². The number of hydrogen-bond donors (Lipinski definition) is 2. The average Bonchev–Trinajstić information content (AvgIpc) is 3.25. The Morgan fingerprint density at radius 3 is 2.88 bits per heavy atom. The molecule has 126 valence electrons. The van der Waals surface area contributed by atoms with Gasteiger partial charge in [-0.15, -0.1) is 0 Å². The largest absolute Gasteiger partial charge is 0.428 e. The minimum atomic E-state index is 0.421. The summed E-state index contributed by atoms with van der Waals surface area (Å²) in [5, 5.41) is 9.09. The van der Waals surface area contributed by atoms with E-state index in [-0.39, 0.29) is 0 Å². The van der Waals surface area contributed by atoms with E-state index in [1.54, 1.807) is 12.3 Å². The van der Waals surface area contributed by atoms with Crippen molar-refractivity contribution in [3.8, 4) is 17.0 Å². The second-order valence-corrected chi connectivity index (χ2v) is 6.81. The first kappa shape index (κ1) is 14.8. The number of pyridine rings is 1. The van der Waals surface area contributed by atoms with Crippen molar-refractivity contribution in [2.45, 2.75) is 0 Å². The lowest BCUT2D eigenvalue weighted by molar-refractivity contribution is -0.120. The highest BCUT2D eigenvalue weighted by molar-refractivity contribution is 7.22. The topological polar surface area (TPSA) is 107 Å². The minimum absolute atomic E-state index is 0.421. The second-order valence-electron chi connectivity index (χ2n) is 5.75. The molecule has 0 aliphatic rings. The number of benzene rings is 2. The predicted molar refractivity (Wildman–Crippen MR) is 101 cm³/mol. The Hall–Kier alpha value is -3.52. The van der Waals surface area contributed by atoms with Crippen molar-refractivity contribution in [2.24, 2.45) is 0 Å². The van der Waals surface area contributed by atoms with Gasteiger partial charge in [0.2, 0.25) is 0 Å². The number of carbonyl (C=O) groups excluding carboxylic acids is 1. The van der Waals surface area contributed by atoms with Gasteiger partial charge in [0.15, 0.2) is 5.13 Å². The third kappa shape index (κ3) is 2.20. The van der Waals surface area contributed by atoms with Crippen molar-refractivity contribution < 1.29 is 9.53 Å². The normalized spacial score (nSPS) is 11.4. The maximum atomic E-state index is 11.0. The van der Waals surface area contributed by atoms with E-state index in [0.717, 1.165) is 37.6 Å². The number of nitrogens with two attached hydrogens (primary N) is 1. The van der Waals surface area contributed by atoms with Crippen molar-refractivity contribution in [3.63, 3.8) is 0 Å². The molecule has 2 aromatic carbocycles. The molecule has 0 bridgehead atoms. The number of rotatable bonds is 3. The molecule has 3 aromatic heterocycles. The average molecular weight is 361 g/mol. The quantitative estimate of drug-likeness (QED) is 0.476. The molecule has 26 heavy (non-hydrogen) atoms. The Morgan fingerprint density at radius 2 is 2.00 bits per heavy atom. The van der Waals surface area contributed by atoms with Crippen LogP contribution in [0.25, 0.3) is 43.3 Å². The summed E-state index contributed by atoms with van der Waals surface area (Å²) in [7, 11) is 0. The van der Waals surface area contributed by atoms with Crippen LogP contribution in [0.4, 0.5) is 5.13 Å². The first-order valence-electron chi connectivity index (χ1n) is 7.76. The summed E-state index contributed by atoms with van der Waals surface area (Å²) in [5.41, 5.74) is 9.80. The molecular formula is C18H11N5O2S. The van der Waals surface area contributed by atoms with Crippen LogP contribution in [0.5, 0.6) is 5.75 Å². The molecule has 0 saturated carbocycles. The Labute approximate surface area is 150 Å². The van der Waals surface area contributed by atoms with E-state index in [0.29, 0.717) is 23.0 Å². The molecule has 0 aliphatic carbocycles. The summed E-state index contributed by atoms with van der Waals surface area (Å²) in [4.78, 5) is 20.0. The zero-order valence-electron chi connectivity index (χ0n) is 13.3. The first-order valence-corrected chi connectivity index (χ1v) is 8.58. The van der Waals surface area contributed by atoms with E-state index in [9.17, 15) is 4.79 Å². The number of thiazole rings is 1. The zero-order chi connectivity index (χ0) is 17.7. The van der Waals surface area contributed by atoms with E-state index in [1.165, 1.54) is 11.3 Å². The SMILES string of the molecule is Nc1nc2ccc(-c3cc(OC=O)c4c(ccc5[nH]ncc54)n3)cc2s1. The van der Waals surface area contributed by atoms with Crippen LogP contribution in [0.15, 0.2) is 42.6 Å². The van der Waals surface area contributed by atoms with E-state index < -0.39 is 0 Å². The van der Waals surface area contributed by atoms with Crippen molar-refractivity contribution >= 4 is 55.0 Å². The van der Waals surface area contributed by atoms with Crippen molar-refractivity contribution in [2.75, 3.05) is 5.73 Å². The molecule has 0 aliphatic heterocycles. The number of nitrogen functional groups attached to an aromatic ring is 1. The lowest BCUT2D eigenvalue weighted by Crippen LogP contribution is -1.94.